The maximum absolute atomic E-state index is 10.9. The van der Waals surface area contributed by atoms with Crippen LogP contribution in [0.15, 0.2) is 16.6 Å². The maximum Gasteiger partial charge on any atom is 0.238 e. The lowest BCUT2D eigenvalue weighted by Crippen LogP contribution is -2.28. The number of rotatable bonds is 2. The molecule has 1 aliphatic heterocycles. The number of carbonyl (C=O) groups is 1. The summed E-state index contributed by atoms with van der Waals surface area (Å²) >= 11 is 3.30. The van der Waals surface area contributed by atoms with E-state index in [0.717, 1.165) is 0 Å². The summed E-state index contributed by atoms with van der Waals surface area (Å²) in [6, 6.07) is 2.52. The SMILES string of the molecule is NC(=O)C(N)c1cc(Br)c2c(c1)OCO2. The smallest absolute Gasteiger partial charge is 0.238 e. The van der Waals surface area contributed by atoms with Crippen LogP contribution in [0.4, 0.5) is 0 Å². The molecule has 1 atom stereocenters. The molecule has 0 saturated heterocycles. The second kappa shape index (κ2) is 3.71. The largest absolute Gasteiger partial charge is 0.454 e. The van der Waals surface area contributed by atoms with Gasteiger partial charge in [0.25, 0.3) is 0 Å². The minimum Gasteiger partial charge on any atom is -0.454 e. The molecule has 0 bridgehead atoms. The zero-order valence-electron chi connectivity index (χ0n) is 7.70. The molecule has 0 fully saturated rings. The van der Waals surface area contributed by atoms with Gasteiger partial charge >= 0.3 is 0 Å². The van der Waals surface area contributed by atoms with Crippen molar-refractivity contribution in [3.05, 3.63) is 22.2 Å². The van der Waals surface area contributed by atoms with Crippen LogP contribution in [0.2, 0.25) is 0 Å². The summed E-state index contributed by atoms with van der Waals surface area (Å²) in [6.07, 6.45) is 0. The number of nitrogens with two attached hydrogens (primary N) is 2. The van der Waals surface area contributed by atoms with Crippen molar-refractivity contribution in [3.63, 3.8) is 0 Å². The Kier molecular flexibility index (Phi) is 2.54. The van der Waals surface area contributed by atoms with Crippen molar-refractivity contribution >= 4 is 21.8 Å². The Hall–Kier alpha value is -1.27. The van der Waals surface area contributed by atoms with Crippen LogP contribution in [0.3, 0.4) is 0 Å². The average Bonchev–Trinajstić information content (AvgIpc) is 2.64. The molecule has 0 radical (unpaired) electrons. The highest BCUT2D eigenvalue weighted by molar-refractivity contribution is 9.10. The molecule has 1 amide bonds. The Balaban J connectivity index is 2.43. The third-order valence-corrected chi connectivity index (χ3v) is 2.70. The molecule has 1 aromatic carbocycles. The van der Waals surface area contributed by atoms with Gasteiger partial charge in [0, 0.05) is 0 Å². The lowest BCUT2D eigenvalue weighted by molar-refractivity contribution is -0.119. The molecule has 15 heavy (non-hydrogen) atoms. The first-order valence-electron chi connectivity index (χ1n) is 4.23. The Morgan fingerprint density at radius 3 is 2.87 bits per heavy atom. The highest BCUT2D eigenvalue weighted by atomic mass is 79.9. The van der Waals surface area contributed by atoms with Crippen LogP contribution in [-0.2, 0) is 4.79 Å². The van der Waals surface area contributed by atoms with Crippen molar-refractivity contribution in [1.82, 2.24) is 0 Å². The molecule has 0 saturated carbocycles. The number of amides is 1. The van der Waals surface area contributed by atoms with E-state index in [-0.39, 0.29) is 6.79 Å². The van der Waals surface area contributed by atoms with Gasteiger partial charge in [0.15, 0.2) is 11.5 Å². The van der Waals surface area contributed by atoms with E-state index in [0.29, 0.717) is 21.5 Å². The number of fused-ring (bicyclic) bond motifs is 1. The number of primary amides is 1. The number of carbonyl (C=O) groups excluding carboxylic acids is 1. The van der Waals surface area contributed by atoms with Crippen LogP contribution in [0.25, 0.3) is 0 Å². The van der Waals surface area contributed by atoms with E-state index in [1.165, 1.54) is 0 Å². The highest BCUT2D eigenvalue weighted by Gasteiger charge is 2.21. The normalized spacial score (nSPS) is 15.1. The van der Waals surface area contributed by atoms with Crippen molar-refractivity contribution in [1.29, 1.82) is 0 Å². The molecule has 1 unspecified atom stereocenters. The first-order valence-corrected chi connectivity index (χ1v) is 5.03. The Labute approximate surface area is 94.5 Å². The van der Waals surface area contributed by atoms with Crippen LogP contribution in [-0.4, -0.2) is 12.7 Å². The van der Waals surface area contributed by atoms with Crippen LogP contribution in [0.1, 0.15) is 11.6 Å². The van der Waals surface area contributed by atoms with Gasteiger partial charge in [-0.3, -0.25) is 4.79 Å². The zero-order chi connectivity index (χ0) is 11.0. The van der Waals surface area contributed by atoms with Crippen molar-refractivity contribution in [2.45, 2.75) is 6.04 Å². The fraction of sp³-hybridized carbons (Fsp3) is 0.222. The van der Waals surface area contributed by atoms with E-state index in [4.69, 9.17) is 20.9 Å². The van der Waals surface area contributed by atoms with Gasteiger partial charge in [-0.25, -0.2) is 0 Å². The van der Waals surface area contributed by atoms with E-state index in [1.54, 1.807) is 12.1 Å². The predicted octanol–water partition coefficient (Wildman–Crippen LogP) is 0.663. The summed E-state index contributed by atoms with van der Waals surface area (Å²) in [5, 5.41) is 0. The van der Waals surface area contributed by atoms with Gasteiger partial charge in [-0.2, -0.15) is 0 Å². The highest BCUT2D eigenvalue weighted by Crippen LogP contribution is 2.40. The fourth-order valence-corrected chi connectivity index (χ4v) is 1.91. The van der Waals surface area contributed by atoms with Gasteiger partial charge < -0.3 is 20.9 Å². The summed E-state index contributed by atoms with van der Waals surface area (Å²) in [5.74, 6) is 0.604. The average molecular weight is 273 g/mol. The van der Waals surface area contributed by atoms with Crippen molar-refractivity contribution < 1.29 is 14.3 Å². The van der Waals surface area contributed by atoms with E-state index < -0.39 is 11.9 Å². The zero-order valence-corrected chi connectivity index (χ0v) is 9.28. The summed E-state index contributed by atoms with van der Waals surface area (Å²) in [5.41, 5.74) is 11.3. The third kappa shape index (κ3) is 1.78. The van der Waals surface area contributed by atoms with Crippen molar-refractivity contribution in [2.75, 3.05) is 6.79 Å². The Morgan fingerprint density at radius 2 is 2.20 bits per heavy atom. The number of benzene rings is 1. The first-order chi connectivity index (χ1) is 7.09. The lowest BCUT2D eigenvalue weighted by atomic mass is 10.1. The molecule has 4 N–H and O–H groups in total. The van der Waals surface area contributed by atoms with Crippen molar-refractivity contribution in [2.24, 2.45) is 11.5 Å². The van der Waals surface area contributed by atoms with Gasteiger partial charge in [0.2, 0.25) is 12.7 Å². The Bertz CT molecular complexity index is 422. The summed E-state index contributed by atoms with van der Waals surface area (Å²) in [6.45, 7) is 0.170. The van der Waals surface area contributed by atoms with Gasteiger partial charge in [0.05, 0.1) is 4.47 Å². The third-order valence-electron chi connectivity index (χ3n) is 2.12. The topological polar surface area (TPSA) is 87.6 Å². The van der Waals surface area contributed by atoms with Gasteiger partial charge in [-0.15, -0.1) is 0 Å². The summed E-state index contributed by atoms with van der Waals surface area (Å²) in [4.78, 5) is 10.9. The molecular weight excluding hydrogens is 264 g/mol. The molecule has 5 nitrogen and oxygen atoms in total. The maximum atomic E-state index is 10.9. The number of halogens is 1. The molecule has 1 heterocycles. The fourth-order valence-electron chi connectivity index (χ4n) is 1.33. The Morgan fingerprint density at radius 1 is 1.47 bits per heavy atom. The first kappa shape index (κ1) is 10.3. The van der Waals surface area contributed by atoms with Crippen molar-refractivity contribution in [3.8, 4) is 11.5 Å². The number of hydrogen-bond donors (Lipinski definition) is 2. The van der Waals surface area contributed by atoms with Crippen LogP contribution in [0.5, 0.6) is 11.5 Å². The predicted molar refractivity (Wildman–Crippen MR) is 56.4 cm³/mol. The second-order valence-corrected chi connectivity index (χ2v) is 3.97. The molecule has 0 aliphatic carbocycles. The summed E-state index contributed by atoms with van der Waals surface area (Å²) in [7, 11) is 0. The van der Waals surface area contributed by atoms with E-state index in [2.05, 4.69) is 15.9 Å². The molecule has 1 aliphatic rings. The molecule has 0 spiro atoms. The molecule has 2 rings (SSSR count). The van der Waals surface area contributed by atoms with E-state index >= 15 is 0 Å². The summed E-state index contributed by atoms with van der Waals surface area (Å²) < 4.78 is 11.1. The van der Waals surface area contributed by atoms with Gasteiger partial charge in [-0.1, -0.05) is 0 Å². The van der Waals surface area contributed by atoms with Crippen LogP contribution in [0, 0.1) is 0 Å². The van der Waals surface area contributed by atoms with Gasteiger partial charge in [-0.05, 0) is 33.6 Å². The monoisotopic (exact) mass is 272 g/mol. The van der Waals surface area contributed by atoms with E-state index in [1.807, 2.05) is 0 Å². The minimum atomic E-state index is -0.837. The van der Waals surface area contributed by atoms with Crippen LogP contribution >= 0.6 is 15.9 Å². The van der Waals surface area contributed by atoms with Gasteiger partial charge in [0.1, 0.15) is 6.04 Å². The number of ether oxygens (including phenoxy) is 2. The second-order valence-electron chi connectivity index (χ2n) is 3.12. The lowest BCUT2D eigenvalue weighted by Gasteiger charge is -2.09. The quantitative estimate of drug-likeness (QED) is 0.828. The molecular formula is C9H9BrN2O3. The molecule has 80 valence electrons. The molecule has 0 aromatic heterocycles. The van der Waals surface area contributed by atoms with Crippen LogP contribution < -0.4 is 20.9 Å². The molecule has 1 aromatic rings. The standard InChI is InChI=1S/C9H9BrN2O3/c10-5-1-4(7(11)9(12)13)2-6-8(5)15-3-14-6/h1-2,7H,3,11H2,(H2,12,13). The molecule has 6 heteroatoms. The number of hydrogen-bond acceptors (Lipinski definition) is 4. The van der Waals surface area contributed by atoms with E-state index in [9.17, 15) is 4.79 Å². The minimum absolute atomic E-state index is 0.170.